The Labute approximate surface area is 106 Å². The number of hydrogen-bond donors (Lipinski definition) is 0. The number of carbonyl (C=O) groups excluding carboxylic acids is 1. The number of alkyl halides is 1. The number of hydrogen-bond acceptors (Lipinski definition) is 3. The first-order valence-corrected chi connectivity index (χ1v) is 5.71. The third-order valence-corrected chi connectivity index (χ3v) is 2.58. The zero-order valence-corrected chi connectivity index (χ0v) is 11.0. The van der Waals surface area contributed by atoms with Crippen LogP contribution in [0.2, 0.25) is 0 Å². The summed E-state index contributed by atoms with van der Waals surface area (Å²) in [5.74, 6) is 1.21. The molecular formula is C12H16ClNO3. The molecule has 0 radical (unpaired) electrons. The molecule has 0 fully saturated rings. The standard InChI is InChI=1S/C12H16ClNO3/c1-14(8-7-13)12(15)11-9(16-2)5-4-6-10(11)17-3/h4-6H,7-8H2,1-3H3. The van der Waals surface area contributed by atoms with Gasteiger partial charge in [-0.15, -0.1) is 11.6 Å². The lowest BCUT2D eigenvalue weighted by molar-refractivity contribution is 0.0796. The van der Waals surface area contributed by atoms with Gasteiger partial charge in [-0.05, 0) is 12.1 Å². The predicted molar refractivity (Wildman–Crippen MR) is 67.2 cm³/mol. The average Bonchev–Trinajstić information content (AvgIpc) is 2.37. The van der Waals surface area contributed by atoms with Gasteiger partial charge in [0.2, 0.25) is 0 Å². The van der Waals surface area contributed by atoms with Crippen LogP contribution in [0.3, 0.4) is 0 Å². The molecule has 1 aromatic carbocycles. The van der Waals surface area contributed by atoms with Crippen LogP contribution < -0.4 is 9.47 Å². The van der Waals surface area contributed by atoms with Crippen LogP contribution in [-0.2, 0) is 0 Å². The minimum absolute atomic E-state index is 0.167. The van der Waals surface area contributed by atoms with Crippen LogP contribution in [0, 0.1) is 0 Å². The zero-order chi connectivity index (χ0) is 12.8. The highest BCUT2D eigenvalue weighted by Gasteiger charge is 2.20. The van der Waals surface area contributed by atoms with E-state index in [4.69, 9.17) is 21.1 Å². The molecule has 1 amide bonds. The van der Waals surface area contributed by atoms with Gasteiger partial charge in [0.15, 0.2) is 0 Å². The molecule has 0 atom stereocenters. The molecule has 94 valence electrons. The van der Waals surface area contributed by atoms with Gasteiger partial charge in [0, 0.05) is 19.5 Å². The Hall–Kier alpha value is -1.42. The molecule has 0 bridgehead atoms. The Morgan fingerprint density at radius 1 is 1.29 bits per heavy atom. The number of nitrogens with zero attached hydrogens (tertiary/aromatic N) is 1. The molecule has 4 nitrogen and oxygen atoms in total. The van der Waals surface area contributed by atoms with Crippen LogP contribution >= 0.6 is 11.6 Å². The SMILES string of the molecule is COc1cccc(OC)c1C(=O)N(C)CCCl. The maximum absolute atomic E-state index is 12.2. The number of rotatable bonds is 5. The molecular weight excluding hydrogens is 242 g/mol. The van der Waals surface area contributed by atoms with Gasteiger partial charge in [-0.3, -0.25) is 4.79 Å². The Morgan fingerprint density at radius 3 is 2.24 bits per heavy atom. The molecule has 0 spiro atoms. The number of ether oxygens (including phenoxy) is 2. The quantitative estimate of drug-likeness (QED) is 0.758. The van der Waals surface area contributed by atoms with E-state index in [1.54, 1.807) is 25.2 Å². The summed E-state index contributed by atoms with van der Waals surface area (Å²) >= 11 is 5.62. The molecule has 0 aliphatic rings. The molecule has 1 rings (SSSR count). The lowest BCUT2D eigenvalue weighted by atomic mass is 10.1. The van der Waals surface area contributed by atoms with Crippen LogP contribution in [-0.4, -0.2) is 44.5 Å². The Kier molecular flexibility index (Phi) is 5.10. The number of methoxy groups -OCH3 is 2. The van der Waals surface area contributed by atoms with E-state index in [2.05, 4.69) is 0 Å². The van der Waals surface area contributed by atoms with Crippen LogP contribution in [0.4, 0.5) is 0 Å². The largest absolute Gasteiger partial charge is 0.496 e. The molecule has 0 N–H and O–H groups in total. The van der Waals surface area contributed by atoms with Crippen molar-refractivity contribution in [2.24, 2.45) is 0 Å². The van der Waals surface area contributed by atoms with Crippen molar-refractivity contribution in [1.82, 2.24) is 4.90 Å². The lowest BCUT2D eigenvalue weighted by Crippen LogP contribution is -2.29. The van der Waals surface area contributed by atoms with E-state index in [9.17, 15) is 4.79 Å². The van der Waals surface area contributed by atoms with Crippen LogP contribution in [0.25, 0.3) is 0 Å². The van der Waals surface area contributed by atoms with Gasteiger partial charge in [-0.25, -0.2) is 0 Å². The van der Waals surface area contributed by atoms with Crippen LogP contribution in [0.1, 0.15) is 10.4 Å². The van der Waals surface area contributed by atoms with Crippen molar-refractivity contribution in [1.29, 1.82) is 0 Å². The second kappa shape index (κ2) is 6.35. The lowest BCUT2D eigenvalue weighted by Gasteiger charge is -2.19. The molecule has 0 unspecified atom stereocenters. The van der Waals surface area contributed by atoms with Gasteiger partial charge in [-0.1, -0.05) is 6.07 Å². The molecule has 0 aromatic heterocycles. The first kappa shape index (κ1) is 13.6. The molecule has 17 heavy (non-hydrogen) atoms. The topological polar surface area (TPSA) is 38.8 Å². The van der Waals surface area contributed by atoms with Crippen molar-refractivity contribution < 1.29 is 14.3 Å². The monoisotopic (exact) mass is 257 g/mol. The number of amides is 1. The van der Waals surface area contributed by atoms with E-state index in [0.717, 1.165) is 0 Å². The third kappa shape index (κ3) is 3.03. The summed E-state index contributed by atoms with van der Waals surface area (Å²) in [5, 5.41) is 0. The highest BCUT2D eigenvalue weighted by Crippen LogP contribution is 2.29. The first-order chi connectivity index (χ1) is 8.15. The van der Waals surface area contributed by atoms with E-state index in [1.807, 2.05) is 0 Å². The summed E-state index contributed by atoms with van der Waals surface area (Å²) in [6.45, 7) is 0.474. The second-order valence-electron chi connectivity index (χ2n) is 3.45. The van der Waals surface area contributed by atoms with Crippen molar-refractivity contribution >= 4 is 17.5 Å². The highest BCUT2D eigenvalue weighted by atomic mass is 35.5. The average molecular weight is 258 g/mol. The summed E-state index contributed by atoms with van der Waals surface area (Å²) in [6, 6.07) is 5.23. The van der Waals surface area contributed by atoms with Gasteiger partial charge >= 0.3 is 0 Å². The van der Waals surface area contributed by atoms with E-state index < -0.39 is 0 Å². The summed E-state index contributed by atoms with van der Waals surface area (Å²) in [7, 11) is 4.73. The summed E-state index contributed by atoms with van der Waals surface area (Å²) < 4.78 is 10.4. The fourth-order valence-electron chi connectivity index (χ4n) is 1.48. The van der Waals surface area contributed by atoms with Crippen molar-refractivity contribution in [2.75, 3.05) is 33.7 Å². The smallest absolute Gasteiger partial charge is 0.261 e. The molecule has 0 aliphatic heterocycles. The van der Waals surface area contributed by atoms with Gasteiger partial charge < -0.3 is 14.4 Å². The van der Waals surface area contributed by atoms with Gasteiger partial charge in [-0.2, -0.15) is 0 Å². The van der Waals surface area contributed by atoms with Crippen LogP contribution in [0.15, 0.2) is 18.2 Å². The van der Waals surface area contributed by atoms with Crippen LogP contribution in [0.5, 0.6) is 11.5 Å². The molecule has 0 saturated heterocycles. The number of halogens is 1. The van der Waals surface area contributed by atoms with E-state index in [0.29, 0.717) is 29.5 Å². The first-order valence-electron chi connectivity index (χ1n) is 5.18. The van der Waals surface area contributed by atoms with Crippen molar-refractivity contribution in [3.63, 3.8) is 0 Å². The molecule has 0 saturated carbocycles. The molecule has 1 aromatic rings. The fraction of sp³-hybridized carbons (Fsp3) is 0.417. The number of carbonyl (C=O) groups is 1. The Balaban J connectivity index is 3.13. The maximum atomic E-state index is 12.2. The van der Waals surface area contributed by atoms with E-state index in [1.165, 1.54) is 19.1 Å². The van der Waals surface area contributed by atoms with Crippen molar-refractivity contribution in [2.45, 2.75) is 0 Å². The molecule has 5 heteroatoms. The highest BCUT2D eigenvalue weighted by molar-refractivity contribution is 6.18. The minimum Gasteiger partial charge on any atom is -0.496 e. The summed E-state index contributed by atoms with van der Waals surface area (Å²) in [4.78, 5) is 13.7. The van der Waals surface area contributed by atoms with Crippen molar-refractivity contribution in [3.8, 4) is 11.5 Å². The minimum atomic E-state index is -0.167. The Bertz CT molecular complexity index is 373. The van der Waals surface area contributed by atoms with Gasteiger partial charge in [0.05, 0.1) is 14.2 Å². The third-order valence-electron chi connectivity index (χ3n) is 2.41. The molecule has 0 heterocycles. The summed E-state index contributed by atoms with van der Waals surface area (Å²) in [5.41, 5.74) is 0.421. The Morgan fingerprint density at radius 2 is 1.82 bits per heavy atom. The van der Waals surface area contributed by atoms with Gasteiger partial charge in [0.25, 0.3) is 5.91 Å². The fourth-order valence-corrected chi connectivity index (χ4v) is 1.73. The second-order valence-corrected chi connectivity index (χ2v) is 3.83. The van der Waals surface area contributed by atoms with Crippen molar-refractivity contribution in [3.05, 3.63) is 23.8 Å². The maximum Gasteiger partial charge on any atom is 0.261 e. The van der Waals surface area contributed by atoms with E-state index in [-0.39, 0.29) is 5.91 Å². The number of benzene rings is 1. The predicted octanol–water partition coefficient (Wildman–Crippen LogP) is 2.01. The zero-order valence-electron chi connectivity index (χ0n) is 10.2. The normalized spacial score (nSPS) is 9.88. The summed E-state index contributed by atoms with van der Waals surface area (Å²) in [6.07, 6.45) is 0. The van der Waals surface area contributed by atoms with E-state index >= 15 is 0 Å². The van der Waals surface area contributed by atoms with Gasteiger partial charge in [0.1, 0.15) is 17.1 Å². The molecule has 0 aliphatic carbocycles.